The summed E-state index contributed by atoms with van der Waals surface area (Å²) in [4.78, 5) is 42.1. The molecule has 1 aliphatic heterocycles. The lowest BCUT2D eigenvalue weighted by atomic mass is 10.0. The number of thiocarbonyl (C=S) groups is 1. The van der Waals surface area contributed by atoms with Crippen molar-refractivity contribution in [1.82, 2.24) is 4.57 Å². The van der Waals surface area contributed by atoms with Crippen LogP contribution in [0.4, 0.5) is 11.4 Å². The fourth-order valence-corrected chi connectivity index (χ4v) is 5.56. The molecule has 0 aliphatic carbocycles. The number of halogens is 1. The Hall–Kier alpha value is -4.53. The van der Waals surface area contributed by atoms with Crippen molar-refractivity contribution in [3.63, 3.8) is 0 Å². The SMILES string of the molecule is Cc1ccc(N2C(=O)/C(=C\c3cc(C)n(-c4ccc(C(=O)O)c(Cl)c4)c3C)C(=O)N(c3ccccc3)C2=S)cc1C. The highest BCUT2D eigenvalue weighted by atomic mass is 35.5. The van der Waals surface area contributed by atoms with Gasteiger partial charge in [0.05, 0.1) is 22.0 Å². The molecule has 0 atom stereocenters. The zero-order valence-electron chi connectivity index (χ0n) is 22.8. The van der Waals surface area contributed by atoms with Crippen LogP contribution in [0.3, 0.4) is 0 Å². The van der Waals surface area contributed by atoms with Crippen molar-refractivity contribution in [2.45, 2.75) is 27.7 Å². The quantitative estimate of drug-likeness (QED) is 0.158. The summed E-state index contributed by atoms with van der Waals surface area (Å²) in [6.07, 6.45) is 1.59. The Morgan fingerprint density at radius 1 is 0.805 bits per heavy atom. The van der Waals surface area contributed by atoms with Crippen LogP contribution < -0.4 is 9.80 Å². The van der Waals surface area contributed by atoms with Crippen molar-refractivity contribution in [2.75, 3.05) is 9.80 Å². The minimum absolute atomic E-state index is 0.00188. The van der Waals surface area contributed by atoms with Gasteiger partial charge in [-0.1, -0.05) is 35.9 Å². The van der Waals surface area contributed by atoms with E-state index in [2.05, 4.69) is 0 Å². The number of carbonyl (C=O) groups excluding carboxylic acids is 2. The number of carboxylic acid groups (broad SMARTS) is 1. The summed E-state index contributed by atoms with van der Waals surface area (Å²) < 4.78 is 1.89. The molecule has 41 heavy (non-hydrogen) atoms. The first-order chi connectivity index (χ1) is 19.5. The molecule has 0 radical (unpaired) electrons. The number of benzene rings is 3. The van der Waals surface area contributed by atoms with Crippen molar-refractivity contribution >= 4 is 64.2 Å². The normalized spacial score (nSPS) is 14.8. The zero-order chi connectivity index (χ0) is 29.6. The number of carbonyl (C=O) groups is 3. The fourth-order valence-electron chi connectivity index (χ4n) is 4.93. The Morgan fingerprint density at radius 2 is 1.44 bits per heavy atom. The first-order valence-electron chi connectivity index (χ1n) is 12.8. The summed E-state index contributed by atoms with van der Waals surface area (Å²) in [6, 6.07) is 21.2. The molecule has 9 heteroatoms. The van der Waals surface area contributed by atoms with Gasteiger partial charge in [-0.15, -0.1) is 0 Å². The number of anilines is 2. The van der Waals surface area contributed by atoms with Gasteiger partial charge < -0.3 is 9.67 Å². The molecule has 1 aromatic heterocycles. The lowest BCUT2D eigenvalue weighted by Crippen LogP contribution is -2.57. The highest BCUT2D eigenvalue weighted by molar-refractivity contribution is 7.81. The molecule has 0 saturated carbocycles. The van der Waals surface area contributed by atoms with E-state index in [4.69, 9.17) is 23.8 Å². The molecular weight excluding hydrogens is 558 g/mol. The number of amides is 2. The number of aromatic carboxylic acids is 1. The molecular formula is C32H26ClN3O4S. The van der Waals surface area contributed by atoms with Gasteiger partial charge in [0.15, 0.2) is 5.11 Å². The summed E-state index contributed by atoms with van der Waals surface area (Å²) >= 11 is 12.0. The topological polar surface area (TPSA) is 82.9 Å². The Morgan fingerprint density at radius 3 is 2.05 bits per heavy atom. The van der Waals surface area contributed by atoms with Crippen LogP contribution in [-0.2, 0) is 9.59 Å². The number of nitrogens with zero attached hydrogens (tertiary/aromatic N) is 3. The molecule has 0 spiro atoms. The molecule has 0 bridgehead atoms. The van der Waals surface area contributed by atoms with Crippen molar-refractivity contribution in [1.29, 1.82) is 0 Å². The van der Waals surface area contributed by atoms with E-state index in [1.807, 2.05) is 62.6 Å². The van der Waals surface area contributed by atoms with E-state index in [-0.39, 0.29) is 21.3 Å². The van der Waals surface area contributed by atoms with Gasteiger partial charge in [-0.05, 0) is 111 Å². The molecule has 4 aromatic rings. The predicted molar refractivity (Wildman–Crippen MR) is 165 cm³/mol. The highest BCUT2D eigenvalue weighted by Gasteiger charge is 2.41. The van der Waals surface area contributed by atoms with Gasteiger partial charge in [-0.25, -0.2) is 4.79 Å². The van der Waals surface area contributed by atoms with Gasteiger partial charge in [0, 0.05) is 17.1 Å². The number of hydrogen-bond donors (Lipinski definition) is 1. The van der Waals surface area contributed by atoms with Crippen molar-refractivity contribution < 1.29 is 19.5 Å². The summed E-state index contributed by atoms with van der Waals surface area (Å²) in [7, 11) is 0. The van der Waals surface area contributed by atoms with Gasteiger partial charge in [-0.2, -0.15) is 0 Å². The van der Waals surface area contributed by atoms with Crippen molar-refractivity contribution in [3.05, 3.63) is 117 Å². The molecule has 2 heterocycles. The van der Waals surface area contributed by atoms with E-state index < -0.39 is 17.8 Å². The molecule has 5 rings (SSSR count). The first kappa shape index (κ1) is 28.0. The van der Waals surface area contributed by atoms with E-state index in [1.165, 1.54) is 15.9 Å². The standard InChI is InChI=1S/C32H26ClN3O4S/c1-18-10-11-24(14-19(18)2)36-30(38)27(29(37)35(32(36)41)23-8-6-5-7-9-23)16-22-15-20(3)34(21(22)4)25-12-13-26(31(39)40)28(33)17-25/h5-17H,1-4H3,(H,39,40)/b27-16-. The number of aryl methyl sites for hydroxylation is 3. The summed E-state index contributed by atoms with van der Waals surface area (Å²) in [5, 5.41) is 9.53. The summed E-state index contributed by atoms with van der Waals surface area (Å²) in [5.41, 5.74) is 6.00. The number of carboxylic acids is 1. The van der Waals surface area contributed by atoms with E-state index in [1.54, 1.807) is 42.5 Å². The van der Waals surface area contributed by atoms with Crippen LogP contribution in [0.1, 0.15) is 38.4 Å². The molecule has 3 aromatic carbocycles. The van der Waals surface area contributed by atoms with E-state index in [0.717, 1.165) is 22.5 Å². The van der Waals surface area contributed by atoms with E-state index in [9.17, 15) is 19.5 Å². The Bertz CT molecular complexity index is 1790. The first-order valence-corrected chi connectivity index (χ1v) is 13.6. The lowest BCUT2D eigenvalue weighted by Gasteiger charge is -2.36. The third-order valence-electron chi connectivity index (χ3n) is 7.22. The Labute approximate surface area is 247 Å². The fraction of sp³-hybridized carbons (Fsp3) is 0.125. The van der Waals surface area contributed by atoms with Gasteiger partial charge in [-0.3, -0.25) is 19.4 Å². The molecule has 206 valence electrons. The van der Waals surface area contributed by atoms with Gasteiger partial charge in [0.1, 0.15) is 5.57 Å². The maximum atomic E-state index is 14.0. The molecule has 7 nitrogen and oxygen atoms in total. The molecule has 1 saturated heterocycles. The predicted octanol–water partition coefficient (Wildman–Crippen LogP) is 6.81. The maximum absolute atomic E-state index is 14.0. The Kier molecular flexibility index (Phi) is 7.38. The highest BCUT2D eigenvalue weighted by Crippen LogP contribution is 2.32. The molecule has 1 aliphatic rings. The number of rotatable bonds is 5. The van der Waals surface area contributed by atoms with Gasteiger partial charge in [0.2, 0.25) is 0 Å². The number of aromatic nitrogens is 1. The molecule has 1 N–H and O–H groups in total. The monoisotopic (exact) mass is 583 g/mol. The van der Waals surface area contributed by atoms with E-state index >= 15 is 0 Å². The van der Waals surface area contributed by atoms with Crippen LogP contribution in [0, 0.1) is 27.7 Å². The van der Waals surface area contributed by atoms with Crippen LogP contribution in [0.5, 0.6) is 0 Å². The molecule has 0 unspecified atom stereocenters. The maximum Gasteiger partial charge on any atom is 0.337 e. The van der Waals surface area contributed by atoms with E-state index in [0.29, 0.717) is 22.6 Å². The van der Waals surface area contributed by atoms with Crippen LogP contribution in [-0.4, -0.2) is 32.6 Å². The van der Waals surface area contributed by atoms with Gasteiger partial charge >= 0.3 is 5.97 Å². The zero-order valence-corrected chi connectivity index (χ0v) is 24.4. The van der Waals surface area contributed by atoms with Crippen molar-refractivity contribution in [2.24, 2.45) is 0 Å². The van der Waals surface area contributed by atoms with Crippen LogP contribution in [0.25, 0.3) is 11.8 Å². The minimum Gasteiger partial charge on any atom is -0.478 e. The van der Waals surface area contributed by atoms with Crippen LogP contribution in [0.15, 0.2) is 78.4 Å². The third-order valence-corrected chi connectivity index (χ3v) is 7.90. The summed E-state index contributed by atoms with van der Waals surface area (Å²) in [6.45, 7) is 7.68. The van der Waals surface area contributed by atoms with Crippen LogP contribution in [0.2, 0.25) is 5.02 Å². The number of hydrogen-bond acceptors (Lipinski definition) is 4. The molecule has 2 amide bonds. The average Bonchev–Trinajstić information content (AvgIpc) is 3.21. The lowest BCUT2D eigenvalue weighted by molar-refractivity contribution is -0.120. The second-order valence-electron chi connectivity index (χ2n) is 9.86. The average molecular weight is 584 g/mol. The molecule has 1 fully saturated rings. The Balaban J connectivity index is 1.65. The number of para-hydroxylation sites is 1. The minimum atomic E-state index is -1.11. The van der Waals surface area contributed by atoms with Crippen molar-refractivity contribution in [3.8, 4) is 5.69 Å². The van der Waals surface area contributed by atoms with Crippen LogP contribution >= 0.6 is 23.8 Å². The van der Waals surface area contributed by atoms with Gasteiger partial charge in [0.25, 0.3) is 11.8 Å². The smallest absolute Gasteiger partial charge is 0.337 e. The third kappa shape index (κ3) is 4.96. The largest absolute Gasteiger partial charge is 0.478 e. The summed E-state index contributed by atoms with van der Waals surface area (Å²) in [5.74, 6) is -2.16. The second-order valence-corrected chi connectivity index (χ2v) is 10.6. The second kappa shape index (κ2) is 10.8.